The Balaban J connectivity index is 2.19. The maximum atomic E-state index is 12.3. The third-order valence-corrected chi connectivity index (χ3v) is 3.04. The normalized spacial score (nSPS) is 21.4. The molecule has 1 aliphatic heterocycles. The van der Waals surface area contributed by atoms with E-state index in [0.717, 1.165) is 25.1 Å². The second kappa shape index (κ2) is 3.92. The average molecular weight is 221 g/mol. The Kier molecular flexibility index (Phi) is 2.74. The molecule has 1 aromatic rings. The second-order valence-electron chi connectivity index (χ2n) is 5.42. The number of H-pyrrole nitrogens is 1. The minimum atomic E-state index is -0.303. The SMILES string of the molecule is CC(C)(C)C(=O)N1CCCC1c1ccn[nH]1. The summed E-state index contributed by atoms with van der Waals surface area (Å²) in [4.78, 5) is 14.2. The largest absolute Gasteiger partial charge is 0.334 e. The van der Waals surface area contributed by atoms with Crippen molar-refractivity contribution in [1.29, 1.82) is 0 Å². The van der Waals surface area contributed by atoms with Gasteiger partial charge in [0.15, 0.2) is 0 Å². The molecule has 0 saturated carbocycles. The van der Waals surface area contributed by atoms with E-state index in [1.165, 1.54) is 0 Å². The summed E-state index contributed by atoms with van der Waals surface area (Å²) < 4.78 is 0. The van der Waals surface area contributed by atoms with Gasteiger partial charge in [-0.05, 0) is 18.9 Å². The Bertz CT molecular complexity index is 364. The zero-order valence-corrected chi connectivity index (χ0v) is 10.2. The molecule has 4 heteroatoms. The maximum absolute atomic E-state index is 12.3. The van der Waals surface area contributed by atoms with Gasteiger partial charge < -0.3 is 4.90 Å². The standard InChI is InChI=1S/C12H19N3O/c1-12(2,3)11(16)15-8-4-5-10(15)9-6-7-13-14-9/h6-7,10H,4-5,8H2,1-3H3,(H,13,14). The van der Waals surface area contributed by atoms with Gasteiger partial charge in [-0.2, -0.15) is 5.10 Å². The van der Waals surface area contributed by atoms with E-state index in [1.807, 2.05) is 31.7 Å². The van der Waals surface area contributed by atoms with Crippen LogP contribution in [-0.4, -0.2) is 27.5 Å². The molecule has 0 bridgehead atoms. The highest BCUT2D eigenvalue weighted by molar-refractivity contribution is 5.82. The van der Waals surface area contributed by atoms with E-state index in [-0.39, 0.29) is 17.4 Å². The highest BCUT2D eigenvalue weighted by Gasteiger charge is 2.36. The van der Waals surface area contributed by atoms with Gasteiger partial charge in [0.1, 0.15) is 0 Å². The summed E-state index contributed by atoms with van der Waals surface area (Å²) in [5, 5.41) is 6.93. The van der Waals surface area contributed by atoms with Crippen LogP contribution in [0.5, 0.6) is 0 Å². The van der Waals surface area contributed by atoms with E-state index in [9.17, 15) is 4.79 Å². The summed E-state index contributed by atoms with van der Waals surface area (Å²) >= 11 is 0. The molecule has 1 atom stereocenters. The van der Waals surface area contributed by atoms with Crippen LogP contribution in [-0.2, 0) is 4.79 Å². The molecule has 2 rings (SSSR count). The molecule has 1 fully saturated rings. The molecule has 0 spiro atoms. The van der Waals surface area contributed by atoms with Crippen LogP contribution in [0.25, 0.3) is 0 Å². The lowest BCUT2D eigenvalue weighted by Crippen LogP contribution is -2.39. The number of aromatic nitrogens is 2. The van der Waals surface area contributed by atoms with E-state index < -0.39 is 0 Å². The smallest absolute Gasteiger partial charge is 0.228 e. The monoisotopic (exact) mass is 221 g/mol. The first kappa shape index (κ1) is 11.2. The van der Waals surface area contributed by atoms with Crippen LogP contribution in [0, 0.1) is 5.41 Å². The summed E-state index contributed by atoms with van der Waals surface area (Å²) in [5.41, 5.74) is 0.748. The fourth-order valence-electron chi connectivity index (χ4n) is 2.22. The highest BCUT2D eigenvalue weighted by Crippen LogP contribution is 2.34. The number of hydrogen-bond donors (Lipinski definition) is 1. The fraction of sp³-hybridized carbons (Fsp3) is 0.667. The van der Waals surface area contributed by atoms with Crippen molar-refractivity contribution >= 4 is 5.91 Å². The zero-order chi connectivity index (χ0) is 11.8. The number of nitrogens with zero attached hydrogens (tertiary/aromatic N) is 2. The van der Waals surface area contributed by atoms with Gasteiger partial charge in [-0.1, -0.05) is 20.8 Å². The van der Waals surface area contributed by atoms with Gasteiger partial charge in [0.05, 0.1) is 11.7 Å². The molecule has 1 aromatic heterocycles. The molecule has 4 nitrogen and oxygen atoms in total. The molecule has 1 amide bonds. The van der Waals surface area contributed by atoms with Crippen molar-refractivity contribution in [1.82, 2.24) is 15.1 Å². The highest BCUT2D eigenvalue weighted by atomic mass is 16.2. The third kappa shape index (κ3) is 1.96. The van der Waals surface area contributed by atoms with Crippen molar-refractivity contribution in [2.75, 3.05) is 6.54 Å². The van der Waals surface area contributed by atoms with Crippen molar-refractivity contribution < 1.29 is 4.79 Å². The molecule has 0 aliphatic carbocycles. The molecule has 2 heterocycles. The number of carbonyl (C=O) groups is 1. The van der Waals surface area contributed by atoms with E-state index in [0.29, 0.717) is 0 Å². The number of hydrogen-bond acceptors (Lipinski definition) is 2. The van der Waals surface area contributed by atoms with Gasteiger partial charge >= 0.3 is 0 Å². The van der Waals surface area contributed by atoms with Gasteiger partial charge in [-0.3, -0.25) is 9.89 Å². The molecular formula is C12H19N3O. The number of nitrogens with one attached hydrogen (secondary N) is 1. The van der Waals surface area contributed by atoms with Gasteiger partial charge in [-0.15, -0.1) is 0 Å². The Labute approximate surface area is 96.0 Å². The summed E-state index contributed by atoms with van der Waals surface area (Å²) in [5.74, 6) is 0.226. The summed E-state index contributed by atoms with van der Waals surface area (Å²) in [6, 6.07) is 2.15. The van der Waals surface area contributed by atoms with Gasteiger partial charge in [0, 0.05) is 18.2 Å². The van der Waals surface area contributed by atoms with Crippen LogP contribution in [0.1, 0.15) is 45.3 Å². The molecule has 1 unspecified atom stereocenters. The predicted octanol–water partition coefficient (Wildman–Crippen LogP) is 2.12. The minimum absolute atomic E-state index is 0.189. The molecule has 1 saturated heterocycles. The molecule has 16 heavy (non-hydrogen) atoms. The lowest BCUT2D eigenvalue weighted by atomic mass is 9.94. The van der Waals surface area contributed by atoms with E-state index >= 15 is 0 Å². The Morgan fingerprint density at radius 1 is 1.56 bits per heavy atom. The summed E-state index contributed by atoms with van der Waals surface area (Å²) in [6.07, 6.45) is 3.85. The quantitative estimate of drug-likeness (QED) is 0.789. The van der Waals surface area contributed by atoms with E-state index in [1.54, 1.807) is 6.20 Å². The van der Waals surface area contributed by atoms with Crippen LogP contribution in [0.3, 0.4) is 0 Å². The first-order valence-electron chi connectivity index (χ1n) is 5.80. The average Bonchev–Trinajstić information content (AvgIpc) is 2.85. The summed E-state index contributed by atoms with van der Waals surface area (Å²) in [6.45, 7) is 6.77. The van der Waals surface area contributed by atoms with Crippen molar-refractivity contribution in [2.24, 2.45) is 5.41 Å². The van der Waals surface area contributed by atoms with Crippen LogP contribution < -0.4 is 0 Å². The summed E-state index contributed by atoms with van der Waals surface area (Å²) in [7, 11) is 0. The molecule has 88 valence electrons. The first-order valence-corrected chi connectivity index (χ1v) is 5.80. The minimum Gasteiger partial charge on any atom is -0.334 e. The third-order valence-electron chi connectivity index (χ3n) is 3.04. The predicted molar refractivity (Wildman–Crippen MR) is 61.7 cm³/mol. The number of likely N-dealkylation sites (tertiary alicyclic amines) is 1. The Morgan fingerprint density at radius 2 is 2.31 bits per heavy atom. The van der Waals surface area contributed by atoms with Crippen molar-refractivity contribution in [3.8, 4) is 0 Å². The number of carbonyl (C=O) groups excluding carboxylic acids is 1. The second-order valence-corrected chi connectivity index (χ2v) is 5.42. The van der Waals surface area contributed by atoms with Crippen molar-refractivity contribution in [3.05, 3.63) is 18.0 Å². The molecule has 1 N–H and O–H groups in total. The lowest BCUT2D eigenvalue weighted by Gasteiger charge is -2.30. The lowest BCUT2D eigenvalue weighted by molar-refractivity contribution is -0.140. The van der Waals surface area contributed by atoms with Gasteiger partial charge in [0.2, 0.25) is 5.91 Å². The zero-order valence-electron chi connectivity index (χ0n) is 10.2. The number of amides is 1. The fourth-order valence-corrected chi connectivity index (χ4v) is 2.22. The van der Waals surface area contributed by atoms with Crippen LogP contribution in [0.15, 0.2) is 12.3 Å². The first-order chi connectivity index (χ1) is 7.50. The van der Waals surface area contributed by atoms with Crippen LogP contribution in [0.2, 0.25) is 0 Å². The van der Waals surface area contributed by atoms with Crippen LogP contribution in [0.4, 0.5) is 0 Å². The number of aromatic amines is 1. The van der Waals surface area contributed by atoms with E-state index in [2.05, 4.69) is 10.2 Å². The van der Waals surface area contributed by atoms with Gasteiger partial charge in [-0.25, -0.2) is 0 Å². The Morgan fingerprint density at radius 3 is 2.88 bits per heavy atom. The number of rotatable bonds is 1. The Hall–Kier alpha value is -1.32. The van der Waals surface area contributed by atoms with Crippen molar-refractivity contribution in [2.45, 2.75) is 39.7 Å². The topological polar surface area (TPSA) is 49.0 Å². The molecule has 0 aromatic carbocycles. The molecule has 0 radical (unpaired) electrons. The van der Waals surface area contributed by atoms with E-state index in [4.69, 9.17) is 0 Å². The van der Waals surface area contributed by atoms with Gasteiger partial charge in [0.25, 0.3) is 0 Å². The van der Waals surface area contributed by atoms with Crippen molar-refractivity contribution in [3.63, 3.8) is 0 Å². The molecule has 1 aliphatic rings. The van der Waals surface area contributed by atoms with Crippen LogP contribution >= 0.6 is 0 Å². The molecular weight excluding hydrogens is 202 g/mol. The maximum Gasteiger partial charge on any atom is 0.228 e.